The van der Waals surface area contributed by atoms with Gasteiger partial charge in [-0.2, -0.15) is 0 Å². The first-order chi connectivity index (χ1) is 7.52. The number of thioether (sulfide) groups is 1. The van der Waals surface area contributed by atoms with E-state index in [2.05, 4.69) is 19.2 Å². The van der Waals surface area contributed by atoms with Crippen molar-refractivity contribution in [2.24, 2.45) is 11.8 Å². The molecule has 0 aromatic rings. The van der Waals surface area contributed by atoms with Crippen LogP contribution < -0.4 is 5.32 Å². The zero-order chi connectivity index (χ0) is 11.8. The summed E-state index contributed by atoms with van der Waals surface area (Å²) < 4.78 is 0. The first-order valence-corrected chi connectivity index (χ1v) is 7.15. The number of carbonyl (C=O) groups is 1. The highest BCUT2D eigenvalue weighted by atomic mass is 32.2. The Morgan fingerprint density at radius 1 is 1.56 bits per heavy atom. The average molecular weight is 243 g/mol. The van der Waals surface area contributed by atoms with Crippen molar-refractivity contribution in [3.63, 3.8) is 0 Å². The molecule has 2 rings (SSSR count). The summed E-state index contributed by atoms with van der Waals surface area (Å²) in [6.07, 6.45) is 4.80. The summed E-state index contributed by atoms with van der Waals surface area (Å²) in [7, 11) is 0. The number of nitrogens with one attached hydrogen (secondary N) is 1. The molecule has 0 radical (unpaired) electrons. The Bertz CT molecular complexity index is 282. The number of hydrogen-bond acceptors (Lipinski definition) is 3. The molecule has 2 aliphatic rings. The molecule has 1 aliphatic heterocycles. The Labute approximate surface area is 101 Å². The van der Waals surface area contributed by atoms with Crippen molar-refractivity contribution in [1.29, 1.82) is 0 Å². The van der Waals surface area contributed by atoms with E-state index >= 15 is 0 Å². The molecule has 0 amide bonds. The highest BCUT2D eigenvalue weighted by Gasteiger charge is 2.45. The molecule has 4 heteroatoms. The van der Waals surface area contributed by atoms with Crippen molar-refractivity contribution in [1.82, 2.24) is 5.32 Å². The second-order valence-corrected chi connectivity index (χ2v) is 6.84. The van der Waals surface area contributed by atoms with Gasteiger partial charge in [-0.3, -0.25) is 10.1 Å². The summed E-state index contributed by atoms with van der Waals surface area (Å²) in [5.74, 6) is 1.49. The van der Waals surface area contributed by atoms with Crippen LogP contribution in [0.1, 0.15) is 39.5 Å². The summed E-state index contributed by atoms with van der Waals surface area (Å²) in [5.41, 5.74) is 0. The fourth-order valence-electron chi connectivity index (χ4n) is 2.89. The van der Waals surface area contributed by atoms with Gasteiger partial charge >= 0.3 is 5.97 Å². The number of hydrogen-bond donors (Lipinski definition) is 2. The molecule has 1 saturated carbocycles. The number of aliphatic carboxylic acids is 1. The molecule has 16 heavy (non-hydrogen) atoms. The monoisotopic (exact) mass is 243 g/mol. The van der Waals surface area contributed by atoms with Gasteiger partial charge in [-0.25, -0.2) is 0 Å². The molecular formula is C12H21NO2S. The minimum atomic E-state index is -0.698. The Morgan fingerprint density at radius 3 is 2.88 bits per heavy atom. The van der Waals surface area contributed by atoms with Crippen LogP contribution in [0.25, 0.3) is 0 Å². The van der Waals surface area contributed by atoms with Gasteiger partial charge in [-0.1, -0.05) is 26.7 Å². The maximum absolute atomic E-state index is 11.0. The van der Waals surface area contributed by atoms with Gasteiger partial charge in [-0.05, 0) is 24.7 Å². The van der Waals surface area contributed by atoms with Crippen LogP contribution in [0.15, 0.2) is 0 Å². The van der Waals surface area contributed by atoms with E-state index in [9.17, 15) is 4.79 Å². The van der Waals surface area contributed by atoms with Crippen LogP contribution in [0.4, 0.5) is 0 Å². The van der Waals surface area contributed by atoms with Gasteiger partial charge in [0.15, 0.2) is 0 Å². The average Bonchev–Trinajstić information content (AvgIpc) is 2.62. The first kappa shape index (κ1) is 12.2. The lowest BCUT2D eigenvalue weighted by Gasteiger charge is -2.39. The van der Waals surface area contributed by atoms with Crippen molar-refractivity contribution < 1.29 is 9.90 Å². The van der Waals surface area contributed by atoms with Crippen molar-refractivity contribution >= 4 is 17.7 Å². The molecule has 92 valence electrons. The van der Waals surface area contributed by atoms with Crippen LogP contribution >= 0.6 is 11.8 Å². The molecule has 1 spiro atoms. The number of carboxylic acids is 1. The predicted molar refractivity (Wildman–Crippen MR) is 66.5 cm³/mol. The lowest BCUT2D eigenvalue weighted by atomic mass is 9.79. The van der Waals surface area contributed by atoms with Crippen LogP contribution in [0, 0.1) is 11.8 Å². The van der Waals surface area contributed by atoms with E-state index in [1.807, 2.05) is 11.8 Å². The molecule has 2 N–H and O–H groups in total. The fraction of sp³-hybridized carbons (Fsp3) is 0.917. The molecule has 0 aromatic heterocycles. The fourth-order valence-corrected chi connectivity index (χ4v) is 4.44. The van der Waals surface area contributed by atoms with Crippen LogP contribution in [0.3, 0.4) is 0 Å². The van der Waals surface area contributed by atoms with E-state index in [1.165, 1.54) is 12.8 Å². The molecule has 1 heterocycles. The minimum absolute atomic E-state index is 0.0657. The standard InChI is InChI=1S/C12H21NO2S/c1-8(2)9-4-3-5-12(6-9)13-10(7-16-12)11(14)15/h8-10,13H,3-7H2,1-2H3,(H,14,15)/t9?,10-,12?/m0/s1. The van der Waals surface area contributed by atoms with Gasteiger partial charge in [0.1, 0.15) is 6.04 Å². The van der Waals surface area contributed by atoms with Gasteiger partial charge in [0.2, 0.25) is 0 Å². The largest absolute Gasteiger partial charge is 0.480 e. The summed E-state index contributed by atoms with van der Waals surface area (Å²) >= 11 is 1.83. The van der Waals surface area contributed by atoms with Gasteiger partial charge < -0.3 is 5.11 Å². The lowest BCUT2D eigenvalue weighted by molar-refractivity contribution is -0.139. The summed E-state index contributed by atoms with van der Waals surface area (Å²) in [6.45, 7) is 4.55. The number of rotatable bonds is 2. The van der Waals surface area contributed by atoms with Gasteiger partial charge in [-0.15, -0.1) is 11.8 Å². The quantitative estimate of drug-likeness (QED) is 0.781. The van der Waals surface area contributed by atoms with Crippen molar-refractivity contribution in [2.45, 2.75) is 50.4 Å². The summed E-state index contributed by atoms with van der Waals surface area (Å²) in [5, 5.41) is 12.4. The van der Waals surface area contributed by atoms with E-state index in [4.69, 9.17) is 5.11 Å². The zero-order valence-electron chi connectivity index (χ0n) is 10.0. The maximum atomic E-state index is 11.0. The Kier molecular flexibility index (Phi) is 3.50. The topological polar surface area (TPSA) is 49.3 Å². The second-order valence-electron chi connectivity index (χ2n) is 5.44. The smallest absolute Gasteiger partial charge is 0.321 e. The molecule has 3 atom stereocenters. The molecule has 0 aromatic carbocycles. The number of carboxylic acid groups (broad SMARTS) is 1. The van der Waals surface area contributed by atoms with E-state index in [0.29, 0.717) is 5.92 Å². The van der Waals surface area contributed by atoms with E-state index in [1.54, 1.807) is 0 Å². The SMILES string of the molecule is CC(C)C1CCCC2(C1)N[C@H](C(=O)O)CS2. The van der Waals surface area contributed by atoms with E-state index in [-0.39, 0.29) is 10.9 Å². The zero-order valence-corrected chi connectivity index (χ0v) is 10.8. The highest BCUT2D eigenvalue weighted by molar-refractivity contribution is 8.00. The lowest BCUT2D eigenvalue weighted by Crippen LogP contribution is -2.48. The molecule has 1 saturated heterocycles. The van der Waals surface area contributed by atoms with Crippen molar-refractivity contribution in [3.05, 3.63) is 0 Å². The minimum Gasteiger partial charge on any atom is -0.480 e. The summed E-state index contributed by atoms with van der Waals surface area (Å²) in [6, 6.07) is -0.337. The van der Waals surface area contributed by atoms with Crippen molar-refractivity contribution in [3.8, 4) is 0 Å². The van der Waals surface area contributed by atoms with E-state index < -0.39 is 5.97 Å². The van der Waals surface area contributed by atoms with Crippen LogP contribution in [-0.4, -0.2) is 27.7 Å². The molecule has 2 unspecified atom stereocenters. The van der Waals surface area contributed by atoms with Gasteiger partial charge in [0, 0.05) is 5.75 Å². The Morgan fingerprint density at radius 2 is 2.31 bits per heavy atom. The third kappa shape index (κ3) is 2.38. The Balaban J connectivity index is 2.01. The molecule has 0 bridgehead atoms. The van der Waals surface area contributed by atoms with Crippen LogP contribution in [-0.2, 0) is 4.79 Å². The third-order valence-electron chi connectivity index (χ3n) is 3.95. The van der Waals surface area contributed by atoms with E-state index in [0.717, 1.165) is 24.5 Å². The van der Waals surface area contributed by atoms with Crippen molar-refractivity contribution in [2.75, 3.05) is 5.75 Å². The Hall–Kier alpha value is -0.220. The maximum Gasteiger partial charge on any atom is 0.321 e. The summed E-state index contributed by atoms with van der Waals surface area (Å²) in [4.78, 5) is 11.0. The molecule has 2 fully saturated rings. The normalized spacial score (nSPS) is 39.4. The molecular weight excluding hydrogens is 222 g/mol. The molecule has 1 aliphatic carbocycles. The predicted octanol–water partition coefficient (Wildman–Crippen LogP) is 2.32. The van der Waals surface area contributed by atoms with Gasteiger partial charge in [0.05, 0.1) is 4.87 Å². The third-order valence-corrected chi connectivity index (χ3v) is 5.49. The van der Waals surface area contributed by atoms with Gasteiger partial charge in [0.25, 0.3) is 0 Å². The van der Waals surface area contributed by atoms with Crippen LogP contribution in [0.2, 0.25) is 0 Å². The second kappa shape index (κ2) is 4.57. The highest BCUT2D eigenvalue weighted by Crippen LogP contribution is 2.46. The van der Waals surface area contributed by atoms with Crippen LogP contribution in [0.5, 0.6) is 0 Å². The first-order valence-electron chi connectivity index (χ1n) is 6.17. The molecule has 3 nitrogen and oxygen atoms in total.